The molecule has 1 unspecified atom stereocenters. The van der Waals surface area contributed by atoms with Gasteiger partial charge in [0.25, 0.3) is 0 Å². The van der Waals surface area contributed by atoms with E-state index in [1.165, 1.54) is 12.8 Å². The Morgan fingerprint density at radius 3 is 2.60 bits per heavy atom. The fourth-order valence-corrected chi connectivity index (χ4v) is 1.10. The highest BCUT2D eigenvalue weighted by Crippen LogP contribution is 1.85. The molecule has 0 spiro atoms. The molecule has 4 nitrogen and oxygen atoms in total. The molecule has 92 valence electrons. The average molecular weight is 329 g/mol. The van der Waals surface area contributed by atoms with E-state index in [2.05, 4.69) is 29.5 Å². The smallest absolute Gasteiger partial charge is 0.191 e. The number of nitrogens with zero attached hydrogens (tertiary/aromatic N) is 1. The zero-order valence-electron chi connectivity index (χ0n) is 10.2. The quantitative estimate of drug-likeness (QED) is 0.337. The molecule has 0 saturated heterocycles. The Kier molecular flexibility index (Phi) is 13.9. The predicted molar refractivity (Wildman–Crippen MR) is 76.2 cm³/mol. The van der Waals surface area contributed by atoms with Gasteiger partial charge < -0.3 is 15.4 Å². The van der Waals surface area contributed by atoms with Gasteiger partial charge in [0, 0.05) is 26.7 Å². The first-order valence-electron chi connectivity index (χ1n) is 5.20. The van der Waals surface area contributed by atoms with Crippen molar-refractivity contribution < 1.29 is 4.74 Å². The van der Waals surface area contributed by atoms with Crippen LogP contribution in [0.25, 0.3) is 0 Å². The molecule has 0 aromatic heterocycles. The lowest BCUT2D eigenvalue weighted by Crippen LogP contribution is -2.44. The molecule has 0 radical (unpaired) electrons. The van der Waals surface area contributed by atoms with Crippen LogP contribution in [0.2, 0.25) is 0 Å². The van der Waals surface area contributed by atoms with E-state index in [1.54, 1.807) is 14.2 Å². The number of halogens is 1. The number of hydrogen-bond acceptors (Lipinski definition) is 2. The topological polar surface area (TPSA) is 45.7 Å². The zero-order valence-corrected chi connectivity index (χ0v) is 12.5. The molecular weight excluding hydrogens is 305 g/mol. The normalized spacial score (nSPS) is 12.9. The summed E-state index contributed by atoms with van der Waals surface area (Å²) < 4.78 is 5.03. The number of unbranched alkanes of at least 4 members (excludes halogenated alkanes) is 1. The monoisotopic (exact) mass is 329 g/mol. The molecule has 0 rings (SSSR count). The Labute approximate surface area is 110 Å². The van der Waals surface area contributed by atoms with Gasteiger partial charge in [0.15, 0.2) is 5.96 Å². The number of methoxy groups -OCH3 is 1. The van der Waals surface area contributed by atoms with Crippen LogP contribution in [0.15, 0.2) is 4.99 Å². The molecule has 0 aliphatic carbocycles. The van der Waals surface area contributed by atoms with Gasteiger partial charge in [-0.05, 0) is 13.3 Å². The van der Waals surface area contributed by atoms with Crippen molar-refractivity contribution in [1.82, 2.24) is 10.6 Å². The highest BCUT2D eigenvalue weighted by Gasteiger charge is 2.02. The molecule has 0 aliphatic rings. The summed E-state index contributed by atoms with van der Waals surface area (Å²) in [5.41, 5.74) is 0. The number of aliphatic imine (C=N–C) groups is 1. The Morgan fingerprint density at radius 1 is 1.47 bits per heavy atom. The van der Waals surface area contributed by atoms with E-state index in [0.29, 0.717) is 6.61 Å². The van der Waals surface area contributed by atoms with Crippen molar-refractivity contribution in [1.29, 1.82) is 0 Å². The van der Waals surface area contributed by atoms with Gasteiger partial charge in [-0.3, -0.25) is 4.99 Å². The fourth-order valence-electron chi connectivity index (χ4n) is 1.10. The maximum absolute atomic E-state index is 5.03. The second-order valence-corrected chi connectivity index (χ2v) is 3.35. The molecule has 0 heterocycles. The molecule has 0 saturated carbocycles. The van der Waals surface area contributed by atoms with Crippen LogP contribution in [0, 0.1) is 0 Å². The first-order chi connectivity index (χ1) is 6.74. The van der Waals surface area contributed by atoms with Gasteiger partial charge in [0.2, 0.25) is 0 Å². The fraction of sp³-hybridized carbons (Fsp3) is 0.900. The molecule has 1 atom stereocenters. The summed E-state index contributed by atoms with van der Waals surface area (Å²) in [6, 6.07) is 0.285. The van der Waals surface area contributed by atoms with E-state index in [4.69, 9.17) is 4.74 Å². The summed E-state index contributed by atoms with van der Waals surface area (Å²) in [4.78, 5) is 4.12. The minimum atomic E-state index is 0. The van der Waals surface area contributed by atoms with Crippen LogP contribution in [0.3, 0.4) is 0 Å². The third-order valence-corrected chi connectivity index (χ3v) is 1.85. The lowest BCUT2D eigenvalue weighted by atomic mass is 10.3. The molecule has 0 aromatic carbocycles. The number of rotatable bonds is 6. The van der Waals surface area contributed by atoms with Crippen molar-refractivity contribution in [2.24, 2.45) is 4.99 Å². The van der Waals surface area contributed by atoms with Crippen LogP contribution in [0.5, 0.6) is 0 Å². The van der Waals surface area contributed by atoms with Crippen LogP contribution in [0.1, 0.15) is 26.7 Å². The number of guanidine groups is 1. The van der Waals surface area contributed by atoms with E-state index in [9.17, 15) is 0 Å². The van der Waals surface area contributed by atoms with Crippen molar-refractivity contribution in [3.63, 3.8) is 0 Å². The summed E-state index contributed by atoms with van der Waals surface area (Å²) >= 11 is 0. The summed E-state index contributed by atoms with van der Waals surface area (Å²) in [7, 11) is 3.48. The minimum absolute atomic E-state index is 0. The molecule has 5 heteroatoms. The zero-order chi connectivity index (χ0) is 10.8. The van der Waals surface area contributed by atoms with Gasteiger partial charge in [-0.15, -0.1) is 24.0 Å². The number of ether oxygens (including phenoxy) is 1. The summed E-state index contributed by atoms with van der Waals surface area (Å²) in [6.45, 7) is 5.89. The lowest BCUT2D eigenvalue weighted by molar-refractivity contribution is 0.179. The Balaban J connectivity index is 0. The average Bonchev–Trinajstić information content (AvgIpc) is 2.17. The van der Waals surface area contributed by atoms with Crippen molar-refractivity contribution >= 4 is 29.9 Å². The molecule has 0 amide bonds. The highest BCUT2D eigenvalue weighted by atomic mass is 127. The molecule has 0 aliphatic heterocycles. The molecular formula is C10H24IN3O. The van der Waals surface area contributed by atoms with Crippen molar-refractivity contribution in [3.05, 3.63) is 0 Å². The van der Waals surface area contributed by atoms with Crippen LogP contribution < -0.4 is 10.6 Å². The van der Waals surface area contributed by atoms with Crippen molar-refractivity contribution in [2.45, 2.75) is 32.7 Å². The van der Waals surface area contributed by atoms with E-state index in [1.807, 2.05) is 0 Å². The van der Waals surface area contributed by atoms with E-state index in [-0.39, 0.29) is 30.0 Å². The summed E-state index contributed by atoms with van der Waals surface area (Å²) in [5.74, 6) is 0.850. The van der Waals surface area contributed by atoms with Crippen LogP contribution in [-0.4, -0.2) is 39.3 Å². The Morgan fingerprint density at radius 2 is 2.13 bits per heavy atom. The lowest BCUT2D eigenvalue weighted by Gasteiger charge is -2.16. The first-order valence-corrected chi connectivity index (χ1v) is 5.20. The van der Waals surface area contributed by atoms with Gasteiger partial charge in [0.05, 0.1) is 6.61 Å². The van der Waals surface area contributed by atoms with E-state index >= 15 is 0 Å². The molecule has 0 aromatic rings. The predicted octanol–water partition coefficient (Wildman–Crippen LogP) is 1.60. The maximum Gasteiger partial charge on any atom is 0.191 e. The largest absolute Gasteiger partial charge is 0.383 e. The van der Waals surface area contributed by atoms with Crippen molar-refractivity contribution in [3.8, 4) is 0 Å². The Bertz CT molecular complexity index is 165. The van der Waals surface area contributed by atoms with Gasteiger partial charge in [-0.1, -0.05) is 13.3 Å². The highest BCUT2D eigenvalue weighted by molar-refractivity contribution is 14.0. The minimum Gasteiger partial charge on any atom is -0.383 e. The van der Waals surface area contributed by atoms with Crippen LogP contribution >= 0.6 is 24.0 Å². The summed E-state index contributed by atoms with van der Waals surface area (Å²) in [5, 5.41) is 6.48. The van der Waals surface area contributed by atoms with E-state index < -0.39 is 0 Å². The Hall–Kier alpha value is -0.0400. The van der Waals surface area contributed by atoms with Gasteiger partial charge in [-0.25, -0.2) is 0 Å². The van der Waals surface area contributed by atoms with Gasteiger partial charge >= 0.3 is 0 Å². The maximum atomic E-state index is 5.03. The molecule has 15 heavy (non-hydrogen) atoms. The molecule has 0 bridgehead atoms. The van der Waals surface area contributed by atoms with E-state index in [0.717, 1.165) is 12.5 Å². The summed E-state index contributed by atoms with van der Waals surface area (Å²) in [6.07, 6.45) is 2.36. The van der Waals surface area contributed by atoms with Gasteiger partial charge in [-0.2, -0.15) is 0 Å². The third-order valence-electron chi connectivity index (χ3n) is 1.85. The second kappa shape index (κ2) is 12.0. The molecule has 2 N–H and O–H groups in total. The van der Waals surface area contributed by atoms with Crippen molar-refractivity contribution in [2.75, 3.05) is 27.3 Å². The number of nitrogens with one attached hydrogen (secondary N) is 2. The SMILES string of the molecule is CCCCNC(=NC)NC(C)COC.I. The van der Waals surface area contributed by atoms with Crippen LogP contribution in [0.4, 0.5) is 0 Å². The standard InChI is InChI=1S/C10H23N3O.HI/c1-5-6-7-12-10(11-3)13-9(2)8-14-4;/h9H,5-8H2,1-4H3,(H2,11,12,13);1H. The van der Waals surface area contributed by atoms with Gasteiger partial charge in [0.1, 0.15) is 0 Å². The number of hydrogen-bond donors (Lipinski definition) is 2. The van der Waals surface area contributed by atoms with Crippen LogP contribution in [-0.2, 0) is 4.74 Å². The first kappa shape index (κ1) is 17.4. The second-order valence-electron chi connectivity index (χ2n) is 3.35. The molecule has 0 fully saturated rings. The third kappa shape index (κ3) is 10.2.